The van der Waals surface area contributed by atoms with E-state index in [9.17, 15) is 14.3 Å². The molecule has 2 N–H and O–H groups in total. The van der Waals surface area contributed by atoms with E-state index in [1.165, 1.54) is 11.0 Å². The molecule has 5 nitrogen and oxygen atoms in total. The van der Waals surface area contributed by atoms with Crippen molar-refractivity contribution >= 4 is 23.1 Å². The van der Waals surface area contributed by atoms with Gasteiger partial charge in [0.05, 0.1) is 31.9 Å². The molecule has 0 saturated carbocycles. The minimum Gasteiger partial charge on any atom is -0.491 e. The van der Waals surface area contributed by atoms with Crippen molar-refractivity contribution in [1.82, 2.24) is 0 Å². The quantitative estimate of drug-likeness (QED) is 0.498. The van der Waals surface area contributed by atoms with Gasteiger partial charge in [-0.25, -0.2) is 4.39 Å². The van der Waals surface area contributed by atoms with E-state index in [0.29, 0.717) is 34.1 Å². The molecule has 0 amide bonds. The zero-order valence-corrected chi connectivity index (χ0v) is 19.0. The summed E-state index contributed by atoms with van der Waals surface area (Å²) in [5.41, 5.74) is 1.77. The number of carbonyl (C=O) groups excluding carboxylic acids is 1. The summed E-state index contributed by atoms with van der Waals surface area (Å²) in [7, 11) is 0. The van der Waals surface area contributed by atoms with E-state index >= 15 is 0 Å². The molecule has 0 aliphatic carbocycles. The van der Waals surface area contributed by atoms with Gasteiger partial charge in [0.25, 0.3) is 0 Å². The number of carbonyl (C=O) groups is 1. The van der Waals surface area contributed by atoms with Gasteiger partial charge in [0.1, 0.15) is 30.8 Å². The van der Waals surface area contributed by atoms with Gasteiger partial charge in [0.2, 0.25) is 0 Å². The highest BCUT2D eigenvalue weighted by Gasteiger charge is 2.24. The summed E-state index contributed by atoms with van der Waals surface area (Å²) in [5, 5.41) is 11.0. The van der Waals surface area contributed by atoms with Crippen molar-refractivity contribution in [3.05, 3.63) is 94.8 Å². The number of halogens is 2. The lowest BCUT2D eigenvalue weighted by molar-refractivity contribution is -0.903. The third-order valence-electron chi connectivity index (χ3n) is 5.85. The molecular weight excluding hydrogens is 443 g/mol. The van der Waals surface area contributed by atoms with Crippen LogP contribution in [-0.4, -0.2) is 56.3 Å². The van der Waals surface area contributed by atoms with E-state index in [2.05, 4.69) is 4.90 Å². The second-order valence-corrected chi connectivity index (χ2v) is 8.65. The molecule has 1 aliphatic heterocycles. The van der Waals surface area contributed by atoms with E-state index in [4.69, 9.17) is 16.3 Å². The van der Waals surface area contributed by atoms with Gasteiger partial charge in [-0.05, 0) is 60.7 Å². The van der Waals surface area contributed by atoms with Crippen molar-refractivity contribution in [2.24, 2.45) is 0 Å². The Morgan fingerprint density at radius 1 is 1.00 bits per heavy atom. The van der Waals surface area contributed by atoms with Crippen molar-refractivity contribution in [2.75, 3.05) is 44.2 Å². The third-order valence-corrected chi connectivity index (χ3v) is 6.11. The SMILES string of the molecule is O=C(c1ccc(Cl)cc1)c1ccc(OC[C@H](O)C[NH+]2CCN(c3ccccc3F)CC2)cc1. The van der Waals surface area contributed by atoms with E-state index in [1.54, 1.807) is 60.7 Å². The average Bonchev–Trinajstić information content (AvgIpc) is 2.84. The number of nitrogens with one attached hydrogen (secondary N) is 1. The Morgan fingerprint density at radius 3 is 2.24 bits per heavy atom. The number of ketones is 1. The fourth-order valence-electron chi connectivity index (χ4n) is 4.03. The highest BCUT2D eigenvalue weighted by atomic mass is 35.5. The zero-order chi connectivity index (χ0) is 23.2. The molecule has 0 radical (unpaired) electrons. The van der Waals surface area contributed by atoms with Crippen molar-refractivity contribution < 1.29 is 23.9 Å². The Kier molecular flexibility index (Phi) is 7.60. The average molecular weight is 470 g/mol. The summed E-state index contributed by atoms with van der Waals surface area (Å²) in [4.78, 5) is 15.9. The number of rotatable bonds is 8. The number of para-hydroxylation sites is 1. The van der Waals surface area contributed by atoms with Gasteiger partial charge >= 0.3 is 0 Å². The summed E-state index contributed by atoms with van der Waals surface area (Å²) >= 11 is 5.88. The van der Waals surface area contributed by atoms with Gasteiger partial charge in [0.15, 0.2) is 5.78 Å². The van der Waals surface area contributed by atoms with Crippen LogP contribution in [0.25, 0.3) is 0 Å². The van der Waals surface area contributed by atoms with Crippen LogP contribution in [0.3, 0.4) is 0 Å². The highest BCUT2D eigenvalue weighted by molar-refractivity contribution is 6.30. The van der Waals surface area contributed by atoms with Gasteiger partial charge in [-0.3, -0.25) is 4.79 Å². The first-order valence-electron chi connectivity index (χ1n) is 11.0. The number of hydrogen-bond donors (Lipinski definition) is 2. The molecule has 0 spiro atoms. The number of quaternary nitrogens is 1. The Morgan fingerprint density at radius 2 is 1.61 bits per heavy atom. The van der Waals surface area contributed by atoms with Crippen LogP contribution in [-0.2, 0) is 0 Å². The van der Waals surface area contributed by atoms with Gasteiger partial charge in [-0.2, -0.15) is 0 Å². The molecule has 1 atom stereocenters. The van der Waals surface area contributed by atoms with Crippen LogP contribution in [0.4, 0.5) is 10.1 Å². The minimum atomic E-state index is -0.615. The number of benzene rings is 3. The second-order valence-electron chi connectivity index (χ2n) is 8.22. The van der Waals surface area contributed by atoms with Crippen molar-refractivity contribution in [3.8, 4) is 5.75 Å². The van der Waals surface area contributed by atoms with Gasteiger partial charge in [-0.1, -0.05) is 23.7 Å². The van der Waals surface area contributed by atoms with E-state index < -0.39 is 6.10 Å². The zero-order valence-electron chi connectivity index (χ0n) is 18.2. The lowest BCUT2D eigenvalue weighted by atomic mass is 10.0. The molecule has 172 valence electrons. The molecule has 7 heteroatoms. The lowest BCUT2D eigenvalue weighted by Gasteiger charge is -2.34. The molecular formula is C26H27ClFN2O3+. The molecule has 4 rings (SSSR count). The number of piperazine rings is 1. The largest absolute Gasteiger partial charge is 0.491 e. The van der Waals surface area contributed by atoms with E-state index in [0.717, 1.165) is 26.2 Å². The molecule has 0 aromatic heterocycles. The first kappa shape index (κ1) is 23.2. The van der Waals surface area contributed by atoms with Crippen molar-refractivity contribution in [1.29, 1.82) is 0 Å². The molecule has 3 aromatic rings. The molecule has 1 aliphatic rings. The number of hydrogen-bond acceptors (Lipinski definition) is 4. The Balaban J connectivity index is 1.22. The monoisotopic (exact) mass is 469 g/mol. The predicted molar refractivity (Wildman–Crippen MR) is 127 cm³/mol. The van der Waals surface area contributed by atoms with E-state index in [1.807, 2.05) is 6.07 Å². The van der Waals surface area contributed by atoms with E-state index in [-0.39, 0.29) is 18.2 Å². The molecule has 0 bridgehead atoms. The Labute approximate surface area is 198 Å². The maximum Gasteiger partial charge on any atom is 0.193 e. The topological polar surface area (TPSA) is 54.2 Å². The van der Waals surface area contributed by atoms with Gasteiger partial charge < -0.3 is 19.6 Å². The first-order chi connectivity index (χ1) is 16.0. The summed E-state index contributed by atoms with van der Waals surface area (Å²) in [6.07, 6.45) is -0.615. The van der Waals surface area contributed by atoms with Crippen LogP contribution in [0.5, 0.6) is 5.75 Å². The van der Waals surface area contributed by atoms with Crippen molar-refractivity contribution in [2.45, 2.75) is 6.10 Å². The second kappa shape index (κ2) is 10.8. The Bertz CT molecular complexity index is 1070. The van der Waals surface area contributed by atoms with Crippen LogP contribution in [0.15, 0.2) is 72.8 Å². The number of nitrogens with zero attached hydrogens (tertiary/aromatic N) is 1. The summed E-state index contributed by atoms with van der Waals surface area (Å²) in [5.74, 6) is 0.313. The predicted octanol–water partition coefficient (Wildman–Crippen LogP) is 2.85. The maximum absolute atomic E-state index is 14.0. The highest BCUT2D eigenvalue weighted by Crippen LogP contribution is 2.19. The lowest BCUT2D eigenvalue weighted by Crippen LogP contribution is -3.16. The smallest absolute Gasteiger partial charge is 0.193 e. The summed E-state index contributed by atoms with van der Waals surface area (Å²) < 4.78 is 19.7. The number of anilines is 1. The number of aliphatic hydroxyl groups is 1. The third kappa shape index (κ3) is 6.11. The number of ether oxygens (including phenoxy) is 1. The Hall–Kier alpha value is -2.93. The summed E-state index contributed by atoms with van der Waals surface area (Å²) in [6.45, 7) is 3.88. The van der Waals surface area contributed by atoms with Crippen LogP contribution in [0, 0.1) is 5.82 Å². The normalized spacial score (nSPS) is 15.3. The van der Waals surface area contributed by atoms with Crippen LogP contribution in [0.1, 0.15) is 15.9 Å². The van der Waals surface area contributed by atoms with Gasteiger partial charge in [-0.15, -0.1) is 0 Å². The summed E-state index contributed by atoms with van der Waals surface area (Å²) in [6, 6.07) is 20.5. The van der Waals surface area contributed by atoms with Crippen LogP contribution in [0.2, 0.25) is 5.02 Å². The number of aliphatic hydroxyl groups excluding tert-OH is 1. The first-order valence-corrected chi connectivity index (χ1v) is 11.4. The molecule has 1 fully saturated rings. The van der Waals surface area contributed by atoms with Crippen LogP contribution < -0.4 is 14.5 Å². The molecule has 3 aromatic carbocycles. The molecule has 1 saturated heterocycles. The molecule has 33 heavy (non-hydrogen) atoms. The molecule has 0 unspecified atom stereocenters. The fraction of sp³-hybridized carbons (Fsp3) is 0.269. The fourth-order valence-corrected chi connectivity index (χ4v) is 4.16. The maximum atomic E-state index is 14.0. The molecule has 1 heterocycles. The van der Waals surface area contributed by atoms with Crippen molar-refractivity contribution in [3.63, 3.8) is 0 Å². The standard InChI is InChI=1S/C26H26ClFN2O3/c27-21-9-5-19(6-10-21)26(32)20-7-11-23(12-8-20)33-18-22(31)17-29-13-15-30(16-14-29)25-4-2-1-3-24(25)28/h1-12,22,31H,13-18H2/p+1/t22-/m1/s1. The van der Waals surface area contributed by atoms with Crippen LogP contribution >= 0.6 is 11.6 Å². The minimum absolute atomic E-state index is 0.0867. The van der Waals surface area contributed by atoms with Gasteiger partial charge in [0, 0.05) is 16.1 Å².